The smallest absolute Gasteiger partial charge is 0.406 e. The monoisotopic (exact) mass is 345 g/mol. The lowest BCUT2D eigenvalue weighted by molar-refractivity contribution is -0.291. The van der Waals surface area contributed by atoms with Crippen molar-refractivity contribution < 1.29 is 39.9 Å². The summed E-state index contributed by atoms with van der Waals surface area (Å²) in [6.07, 6.45) is -10.9. The molecule has 0 aliphatic heterocycles. The van der Waals surface area contributed by atoms with Gasteiger partial charge in [-0.1, -0.05) is 12.1 Å². The molecule has 0 amide bonds. The van der Waals surface area contributed by atoms with Crippen molar-refractivity contribution in [3.63, 3.8) is 0 Å². The molecule has 0 bridgehead atoms. The van der Waals surface area contributed by atoms with Crippen LogP contribution in [0.4, 0.5) is 35.1 Å². The predicted molar refractivity (Wildman–Crippen MR) is 58.3 cm³/mol. The fourth-order valence-electron chi connectivity index (χ4n) is 1.26. The van der Waals surface area contributed by atoms with E-state index in [2.05, 4.69) is 4.74 Å². The second kappa shape index (κ2) is 6.22. The van der Waals surface area contributed by atoms with Crippen molar-refractivity contribution in [1.82, 2.24) is 0 Å². The van der Waals surface area contributed by atoms with Crippen molar-refractivity contribution in [2.75, 3.05) is 0 Å². The van der Waals surface area contributed by atoms with Crippen molar-refractivity contribution in [3.05, 3.63) is 29.8 Å². The lowest BCUT2D eigenvalue weighted by atomic mass is 10.0. The fourth-order valence-corrected chi connectivity index (χ4v) is 1.26. The third-order valence-electron chi connectivity index (χ3n) is 2.24. The van der Waals surface area contributed by atoms with Crippen molar-refractivity contribution in [2.24, 2.45) is 5.73 Å². The Balaban J connectivity index is 0.00000400. The first-order valence-electron chi connectivity index (χ1n) is 4.90. The van der Waals surface area contributed by atoms with E-state index in [0.29, 0.717) is 24.3 Å². The third kappa shape index (κ3) is 4.88. The van der Waals surface area contributed by atoms with Crippen LogP contribution in [0.5, 0.6) is 5.75 Å². The van der Waals surface area contributed by atoms with Crippen LogP contribution in [0.25, 0.3) is 0 Å². The zero-order valence-corrected chi connectivity index (χ0v) is 10.6. The number of nitrogens with two attached hydrogens (primary N) is 1. The highest BCUT2D eigenvalue weighted by atomic mass is 35.5. The van der Waals surface area contributed by atoms with E-state index in [0.717, 1.165) is 0 Å². The predicted octanol–water partition coefficient (Wildman–Crippen LogP) is 4.20. The van der Waals surface area contributed by atoms with Crippen molar-refractivity contribution in [1.29, 1.82) is 0 Å². The Bertz CT molecular complexity index is 456. The molecule has 0 saturated heterocycles. The summed E-state index contributed by atoms with van der Waals surface area (Å²) < 4.78 is 101. The number of hydrogen-bond acceptors (Lipinski definition) is 2. The van der Waals surface area contributed by atoms with Gasteiger partial charge in [-0.05, 0) is 17.7 Å². The van der Waals surface area contributed by atoms with Crippen LogP contribution in [-0.4, -0.2) is 18.5 Å². The number of benzene rings is 1. The Morgan fingerprint density at radius 3 is 1.62 bits per heavy atom. The molecule has 0 spiro atoms. The molecule has 0 aromatic heterocycles. The molecule has 1 aromatic rings. The van der Waals surface area contributed by atoms with E-state index < -0.39 is 35.8 Å². The van der Waals surface area contributed by atoms with Crippen LogP contribution in [0.3, 0.4) is 0 Å². The normalized spacial score (nSPS) is 14.3. The van der Waals surface area contributed by atoms with Crippen LogP contribution in [0.2, 0.25) is 0 Å². The van der Waals surface area contributed by atoms with Crippen LogP contribution < -0.4 is 10.5 Å². The number of alkyl halides is 8. The van der Waals surface area contributed by atoms with Crippen molar-refractivity contribution in [2.45, 2.75) is 24.5 Å². The van der Waals surface area contributed by atoms with E-state index in [1.165, 1.54) is 0 Å². The van der Waals surface area contributed by atoms with E-state index in [1.54, 1.807) is 0 Å². The van der Waals surface area contributed by atoms with Gasteiger partial charge in [0.1, 0.15) is 11.8 Å². The van der Waals surface area contributed by atoms with Gasteiger partial charge in [-0.3, -0.25) is 0 Å². The lowest BCUT2D eigenvalue weighted by Crippen LogP contribution is -2.45. The Morgan fingerprint density at radius 1 is 0.857 bits per heavy atom. The minimum atomic E-state index is -5.87. The van der Waals surface area contributed by atoms with Gasteiger partial charge < -0.3 is 10.5 Å². The molecule has 21 heavy (non-hydrogen) atoms. The lowest BCUT2D eigenvalue weighted by Gasteiger charge is -2.26. The maximum atomic E-state index is 12.9. The van der Waals surface area contributed by atoms with E-state index in [9.17, 15) is 35.1 Å². The SMILES string of the molecule is Cl.N[C@H](c1ccc(OC(F)(F)F)cc1)C(F)(F)C(F)(F)F. The van der Waals surface area contributed by atoms with Gasteiger partial charge in [-0.15, -0.1) is 25.6 Å². The summed E-state index contributed by atoms with van der Waals surface area (Å²) in [7, 11) is 0. The molecule has 1 aromatic carbocycles. The summed E-state index contributed by atoms with van der Waals surface area (Å²) in [5.41, 5.74) is 4.12. The molecule has 1 atom stereocenters. The Morgan fingerprint density at radius 2 is 1.29 bits per heavy atom. The Kier molecular flexibility index (Phi) is 5.84. The maximum absolute atomic E-state index is 12.9. The Labute approximate surface area is 119 Å². The number of rotatable bonds is 3. The number of ether oxygens (including phenoxy) is 1. The van der Waals surface area contributed by atoms with Crippen LogP contribution in [0, 0.1) is 0 Å². The molecule has 2 N–H and O–H groups in total. The number of hydrogen-bond donors (Lipinski definition) is 1. The highest BCUT2D eigenvalue weighted by Gasteiger charge is 2.61. The van der Waals surface area contributed by atoms with Crippen LogP contribution in [0.15, 0.2) is 24.3 Å². The second-order valence-corrected chi connectivity index (χ2v) is 3.72. The first-order chi connectivity index (χ1) is 8.84. The molecule has 0 aliphatic carbocycles. The van der Waals surface area contributed by atoms with E-state index in [-0.39, 0.29) is 12.4 Å². The highest BCUT2D eigenvalue weighted by Crippen LogP contribution is 2.43. The molecule has 2 nitrogen and oxygen atoms in total. The molecular weight excluding hydrogens is 338 g/mol. The second-order valence-electron chi connectivity index (χ2n) is 3.72. The zero-order chi connectivity index (χ0) is 15.8. The standard InChI is InChI=1S/C10H7F8NO.ClH/c11-8(12,9(13,14)15)7(19)5-1-3-6(4-2-5)20-10(16,17)18;/h1-4,7H,19H2;1H/t7-;/m1./s1. The fraction of sp³-hybridized carbons (Fsp3) is 0.400. The summed E-state index contributed by atoms with van der Waals surface area (Å²) in [6, 6.07) is -0.344. The molecule has 11 heteroatoms. The molecular formula is C10H8ClF8NO. The number of halogens is 9. The van der Waals surface area contributed by atoms with Crippen molar-refractivity contribution >= 4 is 12.4 Å². The summed E-state index contributed by atoms with van der Waals surface area (Å²) in [5, 5.41) is 0. The molecule has 0 unspecified atom stereocenters. The molecule has 0 aliphatic rings. The van der Waals surface area contributed by atoms with Crippen LogP contribution in [-0.2, 0) is 0 Å². The topological polar surface area (TPSA) is 35.2 Å². The summed E-state index contributed by atoms with van der Waals surface area (Å²) in [6.45, 7) is 0. The minimum Gasteiger partial charge on any atom is -0.406 e. The first kappa shape index (κ1) is 19.7. The van der Waals surface area contributed by atoms with Gasteiger partial charge in [0.2, 0.25) is 0 Å². The molecule has 0 heterocycles. The Hall–Kier alpha value is -1.29. The third-order valence-corrected chi connectivity index (χ3v) is 2.24. The van der Waals surface area contributed by atoms with Gasteiger partial charge in [-0.2, -0.15) is 22.0 Å². The van der Waals surface area contributed by atoms with Gasteiger partial charge in [-0.25, -0.2) is 0 Å². The van der Waals surface area contributed by atoms with Crippen LogP contribution in [0.1, 0.15) is 11.6 Å². The molecule has 1 rings (SSSR count). The molecule has 0 radical (unpaired) electrons. The zero-order valence-electron chi connectivity index (χ0n) is 9.80. The largest absolute Gasteiger partial charge is 0.573 e. The molecule has 0 saturated carbocycles. The maximum Gasteiger partial charge on any atom is 0.573 e. The van der Waals surface area contributed by atoms with E-state index >= 15 is 0 Å². The minimum absolute atomic E-state index is 0. The summed E-state index contributed by atoms with van der Waals surface area (Å²) in [4.78, 5) is 0. The van der Waals surface area contributed by atoms with Crippen LogP contribution >= 0.6 is 12.4 Å². The molecule has 122 valence electrons. The van der Waals surface area contributed by atoms with Gasteiger partial charge >= 0.3 is 18.5 Å². The quantitative estimate of drug-likeness (QED) is 0.833. The average Bonchev–Trinajstić information content (AvgIpc) is 2.25. The van der Waals surface area contributed by atoms with Crippen molar-refractivity contribution in [3.8, 4) is 5.75 Å². The van der Waals surface area contributed by atoms with Gasteiger partial charge in [0.05, 0.1) is 0 Å². The van der Waals surface area contributed by atoms with Gasteiger partial charge in [0, 0.05) is 0 Å². The average molecular weight is 346 g/mol. The summed E-state index contributed by atoms with van der Waals surface area (Å²) >= 11 is 0. The summed E-state index contributed by atoms with van der Waals surface area (Å²) in [5.74, 6) is -5.97. The van der Waals surface area contributed by atoms with Gasteiger partial charge in [0.15, 0.2) is 0 Å². The molecule has 0 fully saturated rings. The highest BCUT2D eigenvalue weighted by molar-refractivity contribution is 5.85. The van der Waals surface area contributed by atoms with Gasteiger partial charge in [0.25, 0.3) is 0 Å². The van der Waals surface area contributed by atoms with E-state index in [4.69, 9.17) is 5.73 Å². The first-order valence-corrected chi connectivity index (χ1v) is 4.90. The van der Waals surface area contributed by atoms with E-state index in [1.807, 2.05) is 0 Å².